The van der Waals surface area contributed by atoms with Gasteiger partial charge in [0.15, 0.2) is 0 Å². The van der Waals surface area contributed by atoms with E-state index in [0.29, 0.717) is 6.54 Å². The van der Waals surface area contributed by atoms with Gasteiger partial charge in [0.2, 0.25) is 11.8 Å². The highest BCUT2D eigenvalue weighted by atomic mass is 16.6. The van der Waals surface area contributed by atoms with Crippen molar-refractivity contribution in [1.29, 1.82) is 0 Å². The fourth-order valence-corrected chi connectivity index (χ4v) is 1.34. The summed E-state index contributed by atoms with van der Waals surface area (Å²) in [4.78, 5) is 17.6. The summed E-state index contributed by atoms with van der Waals surface area (Å²) in [7, 11) is 0. The molecule has 0 saturated heterocycles. The molecule has 0 atom stereocenters. The molecule has 86 valence electrons. The highest BCUT2D eigenvalue weighted by molar-refractivity contribution is 5.56. The summed E-state index contributed by atoms with van der Waals surface area (Å²) in [6.07, 6.45) is 3.39. The van der Waals surface area contributed by atoms with Crippen molar-refractivity contribution in [2.75, 3.05) is 17.6 Å². The van der Waals surface area contributed by atoms with Gasteiger partial charge in [-0.3, -0.25) is 10.1 Å². The van der Waals surface area contributed by atoms with Crippen molar-refractivity contribution in [3.8, 4) is 0 Å². The Bertz CT molecular complexity index is 430. The first-order chi connectivity index (χ1) is 7.50. The van der Waals surface area contributed by atoms with Crippen LogP contribution in [0.3, 0.4) is 0 Å². The van der Waals surface area contributed by atoms with Crippen molar-refractivity contribution in [2.45, 2.75) is 19.8 Å². The van der Waals surface area contributed by atoms with Crippen LogP contribution in [0.1, 0.15) is 19.8 Å². The van der Waals surface area contributed by atoms with E-state index in [2.05, 4.69) is 22.2 Å². The molecule has 1 aromatic heterocycles. The van der Waals surface area contributed by atoms with Crippen LogP contribution in [0.2, 0.25) is 0 Å². The highest BCUT2D eigenvalue weighted by Gasteiger charge is 2.37. The molecule has 0 aromatic carbocycles. The Labute approximate surface area is 92.2 Å². The van der Waals surface area contributed by atoms with Crippen LogP contribution in [0.5, 0.6) is 0 Å². The normalized spacial score (nSPS) is 16.8. The second-order valence-electron chi connectivity index (χ2n) is 4.38. The molecular formula is C9H13N5O2. The molecule has 1 heterocycles. The highest BCUT2D eigenvalue weighted by Crippen LogP contribution is 2.44. The van der Waals surface area contributed by atoms with Crippen molar-refractivity contribution in [1.82, 2.24) is 9.97 Å². The van der Waals surface area contributed by atoms with Gasteiger partial charge in [-0.1, -0.05) is 6.92 Å². The lowest BCUT2D eigenvalue weighted by atomic mass is 10.1. The Morgan fingerprint density at radius 1 is 1.69 bits per heavy atom. The molecule has 1 aliphatic carbocycles. The van der Waals surface area contributed by atoms with E-state index in [0.717, 1.165) is 19.0 Å². The second kappa shape index (κ2) is 3.58. The quantitative estimate of drug-likeness (QED) is 0.586. The van der Waals surface area contributed by atoms with Crippen molar-refractivity contribution in [3.63, 3.8) is 0 Å². The minimum absolute atomic E-state index is 0.0362. The fraction of sp³-hybridized carbons (Fsp3) is 0.556. The van der Waals surface area contributed by atoms with Gasteiger partial charge in [-0.05, 0) is 18.3 Å². The van der Waals surface area contributed by atoms with Crippen LogP contribution >= 0.6 is 0 Å². The van der Waals surface area contributed by atoms with Gasteiger partial charge in [-0.25, -0.2) is 4.98 Å². The third-order valence-corrected chi connectivity index (χ3v) is 2.77. The molecule has 1 aliphatic rings. The predicted molar refractivity (Wildman–Crippen MR) is 58.9 cm³/mol. The Kier molecular flexibility index (Phi) is 2.37. The van der Waals surface area contributed by atoms with E-state index in [4.69, 9.17) is 5.73 Å². The fourth-order valence-electron chi connectivity index (χ4n) is 1.34. The molecular weight excluding hydrogens is 210 g/mol. The van der Waals surface area contributed by atoms with E-state index >= 15 is 0 Å². The number of hydrogen-bond donors (Lipinski definition) is 2. The molecule has 1 fully saturated rings. The number of anilines is 2. The lowest BCUT2D eigenvalue weighted by Crippen LogP contribution is -2.14. The third kappa shape index (κ3) is 2.18. The maximum Gasteiger partial charge on any atom is 0.329 e. The first kappa shape index (κ1) is 10.6. The summed E-state index contributed by atoms with van der Waals surface area (Å²) in [5.74, 6) is 0.236. The van der Waals surface area contributed by atoms with Gasteiger partial charge in [0.1, 0.15) is 6.20 Å². The summed E-state index contributed by atoms with van der Waals surface area (Å²) >= 11 is 0. The topological polar surface area (TPSA) is 107 Å². The average Bonchev–Trinajstić information content (AvgIpc) is 2.94. The van der Waals surface area contributed by atoms with Crippen molar-refractivity contribution >= 4 is 17.5 Å². The van der Waals surface area contributed by atoms with Crippen molar-refractivity contribution < 1.29 is 4.92 Å². The average molecular weight is 223 g/mol. The van der Waals surface area contributed by atoms with Crippen LogP contribution in [-0.2, 0) is 0 Å². The zero-order valence-electron chi connectivity index (χ0n) is 8.93. The Hall–Kier alpha value is -1.92. The van der Waals surface area contributed by atoms with Gasteiger partial charge >= 0.3 is 5.69 Å². The molecule has 2 rings (SSSR count). The minimum Gasteiger partial charge on any atom is -0.368 e. The maximum atomic E-state index is 10.7. The molecule has 0 spiro atoms. The van der Waals surface area contributed by atoms with Crippen LogP contribution in [0.25, 0.3) is 0 Å². The van der Waals surface area contributed by atoms with Gasteiger partial charge in [-0.15, -0.1) is 0 Å². The molecule has 0 aliphatic heterocycles. The second-order valence-corrected chi connectivity index (χ2v) is 4.38. The number of aromatic nitrogens is 2. The Morgan fingerprint density at radius 2 is 2.38 bits per heavy atom. The monoisotopic (exact) mass is 223 g/mol. The van der Waals surface area contributed by atoms with E-state index in [-0.39, 0.29) is 22.9 Å². The zero-order chi connectivity index (χ0) is 11.8. The molecule has 1 aromatic rings. The Morgan fingerprint density at radius 3 is 2.94 bits per heavy atom. The number of nitrogens with one attached hydrogen (secondary N) is 1. The van der Waals surface area contributed by atoms with E-state index < -0.39 is 4.92 Å². The molecule has 7 heteroatoms. The van der Waals surface area contributed by atoms with E-state index in [1.54, 1.807) is 0 Å². The molecule has 16 heavy (non-hydrogen) atoms. The largest absolute Gasteiger partial charge is 0.368 e. The first-order valence-electron chi connectivity index (χ1n) is 5.01. The van der Waals surface area contributed by atoms with Crippen molar-refractivity contribution in [3.05, 3.63) is 16.3 Å². The molecule has 7 nitrogen and oxygen atoms in total. The predicted octanol–water partition coefficient (Wildman–Crippen LogP) is 1.18. The summed E-state index contributed by atoms with van der Waals surface area (Å²) in [6.45, 7) is 2.79. The van der Waals surface area contributed by atoms with Crippen LogP contribution in [-0.4, -0.2) is 21.4 Å². The van der Waals surface area contributed by atoms with Crippen LogP contribution in [0, 0.1) is 15.5 Å². The zero-order valence-corrected chi connectivity index (χ0v) is 8.93. The van der Waals surface area contributed by atoms with Crippen LogP contribution in [0.4, 0.5) is 17.5 Å². The summed E-state index contributed by atoms with van der Waals surface area (Å²) < 4.78 is 0. The van der Waals surface area contributed by atoms with E-state index in [1.165, 1.54) is 0 Å². The van der Waals surface area contributed by atoms with Gasteiger partial charge < -0.3 is 11.1 Å². The Balaban J connectivity index is 2.16. The SMILES string of the molecule is CC1(CNc2nc(N)ncc2[N+](=O)[O-])CC1. The van der Waals surface area contributed by atoms with Gasteiger partial charge in [-0.2, -0.15) is 4.98 Å². The van der Waals surface area contributed by atoms with Gasteiger partial charge in [0, 0.05) is 6.54 Å². The van der Waals surface area contributed by atoms with Gasteiger partial charge in [0.05, 0.1) is 4.92 Å². The molecule has 0 amide bonds. The summed E-state index contributed by atoms with van der Waals surface area (Å²) in [6, 6.07) is 0. The molecule has 0 unspecified atom stereocenters. The number of rotatable bonds is 4. The molecule has 0 bridgehead atoms. The molecule has 1 saturated carbocycles. The standard InChI is InChI=1S/C9H13N5O2/c1-9(2-3-9)5-12-7-6(14(15)16)4-11-8(10)13-7/h4H,2-3,5H2,1H3,(H3,10,11,12,13). The smallest absolute Gasteiger partial charge is 0.329 e. The number of nitrogen functional groups attached to an aromatic ring is 1. The summed E-state index contributed by atoms with van der Waals surface area (Å²) in [5, 5.41) is 13.7. The van der Waals surface area contributed by atoms with Gasteiger partial charge in [0.25, 0.3) is 0 Å². The van der Waals surface area contributed by atoms with Crippen LogP contribution < -0.4 is 11.1 Å². The number of nitrogens with zero attached hydrogens (tertiary/aromatic N) is 3. The van der Waals surface area contributed by atoms with Crippen molar-refractivity contribution in [2.24, 2.45) is 5.41 Å². The lowest BCUT2D eigenvalue weighted by molar-refractivity contribution is -0.384. The molecule has 0 radical (unpaired) electrons. The summed E-state index contributed by atoms with van der Waals surface area (Å²) in [5.41, 5.74) is 5.50. The third-order valence-electron chi connectivity index (χ3n) is 2.77. The first-order valence-corrected chi connectivity index (χ1v) is 5.01. The minimum atomic E-state index is -0.517. The van der Waals surface area contributed by atoms with Crippen LogP contribution in [0.15, 0.2) is 6.20 Å². The number of nitrogens with two attached hydrogens (primary N) is 1. The molecule has 3 N–H and O–H groups in total. The maximum absolute atomic E-state index is 10.7. The number of nitro groups is 1. The van der Waals surface area contributed by atoms with E-state index in [1.807, 2.05) is 0 Å². The van der Waals surface area contributed by atoms with E-state index in [9.17, 15) is 10.1 Å². The lowest BCUT2D eigenvalue weighted by Gasteiger charge is -2.10. The number of hydrogen-bond acceptors (Lipinski definition) is 6.